The van der Waals surface area contributed by atoms with Crippen molar-refractivity contribution < 1.29 is 9.47 Å². The summed E-state index contributed by atoms with van der Waals surface area (Å²) in [4.78, 5) is 0. The Morgan fingerprint density at radius 1 is 1.38 bits per heavy atom. The smallest absolute Gasteiger partial charge is 0.135 e. The minimum atomic E-state index is 0.104. The summed E-state index contributed by atoms with van der Waals surface area (Å²) in [6, 6.07) is 4.53. The van der Waals surface area contributed by atoms with Crippen LogP contribution in [0.15, 0.2) is 21.1 Å². The summed E-state index contributed by atoms with van der Waals surface area (Å²) in [5, 5.41) is 3.67. The van der Waals surface area contributed by atoms with Crippen LogP contribution in [0.3, 0.4) is 0 Å². The Balaban J connectivity index is 1.74. The summed E-state index contributed by atoms with van der Waals surface area (Å²) in [6.07, 6.45) is 3.32. The molecule has 3 rings (SSSR count). The molecule has 0 bridgehead atoms. The van der Waals surface area contributed by atoms with Gasteiger partial charge in [-0.05, 0) is 62.9 Å². The quantitative estimate of drug-likeness (QED) is 0.744. The van der Waals surface area contributed by atoms with Gasteiger partial charge in [0, 0.05) is 28.9 Å². The van der Waals surface area contributed by atoms with E-state index in [0.717, 1.165) is 45.6 Å². The highest BCUT2D eigenvalue weighted by molar-refractivity contribution is 9.11. The van der Waals surface area contributed by atoms with Gasteiger partial charge < -0.3 is 14.8 Å². The fourth-order valence-electron chi connectivity index (χ4n) is 3.03. The first-order valence-corrected chi connectivity index (χ1v) is 9.87. The Morgan fingerprint density at radius 3 is 2.95 bits per heavy atom. The lowest BCUT2D eigenvalue weighted by Gasteiger charge is -2.38. The maximum atomic E-state index is 6.08. The molecular weight excluding hydrogens is 418 g/mol. The lowest BCUT2D eigenvalue weighted by atomic mass is 9.90. The van der Waals surface area contributed by atoms with Crippen molar-refractivity contribution in [2.24, 2.45) is 0 Å². The van der Waals surface area contributed by atoms with Crippen LogP contribution in [0.25, 0.3) is 0 Å². The molecule has 2 fully saturated rings. The largest absolute Gasteiger partial charge is 0.495 e. The van der Waals surface area contributed by atoms with Crippen LogP contribution in [0.5, 0.6) is 5.75 Å². The molecule has 1 spiro atoms. The summed E-state index contributed by atoms with van der Waals surface area (Å²) in [5.74, 6) is 3.21. The zero-order chi connectivity index (χ0) is 14.9. The molecule has 6 heteroatoms. The third kappa shape index (κ3) is 3.54. The molecule has 2 saturated heterocycles. The predicted molar refractivity (Wildman–Crippen MR) is 95.7 cm³/mol. The normalized spacial score (nSPS) is 28.8. The van der Waals surface area contributed by atoms with Crippen LogP contribution < -0.4 is 10.1 Å². The summed E-state index contributed by atoms with van der Waals surface area (Å²) in [7, 11) is 1.69. The second kappa shape index (κ2) is 6.69. The summed E-state index contributed by atoms with van der Waals surface area (Å²) in [6.45, 7) is 0.851. The Kier molecular flexibility index (Phi) is 5.08. The molecule has 0 radical (unpaired) electrons. The molecular formula is C15H19Br2NO2S. The van der Waals surface area contributed by atoms with Gasteiger partial charge in [0.2, 0.25) is 0 Å². The van der Waals surface area contributed by atoms with Gasteiger partial charge in [-0.2, -0.15) is 11.8 Å². The molecule has 2 aliphatic rings. The van der Waals surface area contributed by atoms with E-state index in [1.165, 1.54) is 12.2 Å². The zero-order valence-corrected chi connectivity index (χ0v) is 15.9. The van der Waals surface area contributed by atoms with Crippen molar-refractivity contribution in [3.8, 4) is 5.75 Å². The van der Waals surface area contributed by atoms with Crippen LogP contribution in [-0.2, 0) is 4.74 Å². The second-order valence-corrected chi connectivity index (χ2v) is 8.45. The lowest BCUT2D eigenvalue weighted by Crippen LogP contribution is -2.44. The Hall–Kier alpha value is 0.0900. The van der Waals surface area contributed by atoms with E-state index in [1.54, 1.807) is 7.11 Å². The average Bonchev–Trinajstić information content (AvgIpc) is 2.90. The number of methoxy groups -OCH3 is 1. The number of rotatable bonds is 3. The average molecular weight is 437 g/mol. The number of hydrogen-bond donors (Lipinski definition) is 1. The number of thioether (sulfide) groups is 1. The first kappa shape index (κ1) is 16.0. The third-order valence-electron chi connectivity index (χ3n) is 4.16. The van der Waals surface area contributed by atoms with Crippen LogP contribution in [0.4, 0.5) is 5.69 Å². The Morgan fingerprint density at radius 2 is 2.24 bits per heavy atom. The van der Waals surface area contributed by atoms with E-state index in [1.807, 2.05) is 23.9 Å². The van der Waals surface area contributed by atoms with E-state index in [0.29, 0.717) is 6.04 Å². The van der Waals surface area contributed by atoms with E-state index in [4.69, 9.17) is 9.47 Å². The Bertz CT molecular complexity index is 521. The van der Waals surface area contributed by atoms with Crippen LogP contribution in [-0.4, -0.2) is 36.9 Å². The molecule has 116 valence electrons. The van der Waals surface area contributed by atoms with Crippen LogP contribution in [0.1, 0.15) is 19.3 Å². The van der Waals surface area contributed by atoms with Gasteiger partial charge in [0.15, 0.2) is 0 Å². The highest BCUT2D eigenvalue weighted by atomic mass is 79.9. The fraction of sp³-hybridized carbons (Fsp3) is 0.600. The van der Waals surface area contributed by atoms with Gasteiger partial charge in [-0.15, -0.1) is 0 Å². The number of halogens is 2. The molecule has 0 aliphatic carbocycles. The van der Waals surface area contributed by atoms with Gasteiger partial charge in [0.05, 0.1) is 22.9 Å². The molecule has 0 saturated carbocycles. The van der Waals surface area contributed by atoms with E-state index >= 15 is 0 Å². The van der Waals surface area contributed by atoms with Crippen molar-refractivity contribution in [1.29, 1.82) is 0 Å². The minimum Gasteiger partial charge on any atom is -0.495 e. The number of ether oxygens (including phenoxy) is 2. The molecule has 1 aromatic carbocycles. The monoisotopic (exact) mass is 435 g/mol. The van der Waals surface area contributed by atoms with E-state index in [2.05, 4.69) is 37.2 Å². The van der Waals surface area contributed by atoms with Gasteiger partial charge in [-0.3, -0.25) is 0 Å². The topological polar surface area (TPSA) is 30.5 Å². The molecule has 0 aromatic heterocycles. The van der Waals surface area contributed by atoms with E-state index in [9.17, 15) is 0 Å². The molecule has 1 aromatic rings. The SMILES string of the molecule is COc1cc(NC2CCOC3(CCSC3)C2)c(Br)cc1Br. The van der Waals surface area contributed by atoms with Crippen LogP contribution in [0, 0.1) is 0 Å². The first-order chi connectivity index (χ1) is 10.1. The number of hydrogen-bond acceptors (Lipinski definition) is 4. The highest BCUT2D eigenvalue weighted by Crippen LogP contribution is 2.40. The van der Waals surface area contributed by atoms with Crippen LogP contribution in [0.2, 0.25) is 0 Å². The van der Waals surface area contributed by atoms with Crippen molar-refractivity contribution >= 4 is 49.3 Å². The van der Waals surface area contributed by atoms with Crippen molar-refractivity contribution in [2.45, 2.75) is 30.9 Å². The standard InChI is InChI=1S/C15H19Br2NO2S/c1-19-14-7-13(11(16)6-12(14)17)18-10-2-4-20-15(8-10)3-5-21-9-15/h6-7,10,18H,2-5,8-9H2,1H3. The molecule has 21 heavy (non-hydrogen) atoms. The van der Waals surface area contributed by atoms with Crippen molar-refractivity contribution in [3.05, 3.63) is 21.1 Å². The van der Waals surface area contributed by atoms with Gasteiger partial charge >= 0.3 is 0 Å². The van der Waals surface area contributed by atoms with Gasteiger partial charge in [-0.25, -0.2) is 0 Å². The number of benzene rings is 1. The molecule has 2 heterocycles. The Labute approximate surface area is 146 Å². The van der Waals surface area contributed by atoms with Gasteiger partial charge in [0.25, 0.3) is 0 Å². The van der Waals surface area contributed by atoms with Gasteiger partial charge in [0.1, 0.15) is 5.75 Å². The van der Waals surface area contributed by atoms with Crippen molar-refractivity contribution in [3.63, 3.8) is 0 Å². The molecule has 2 aliphatic heterocycles. The first-order valence-electron chi connectivity index (χ1n) is 7.13. The maximum Gasteiger partial charge on any atom is 0.135 e. The third-order valence-corrected chi connectivity index (χ3v) is 6.66. The van der Waals surface area contributed by atoms with Crippen molar-refractivity contribution in [1.82, 2.24) is 0 Å². The zero-order valence-electron chi connectivity index (χ0n) is 12.0. The summed E-state index contributed by atoms with van der Waals surface area (Å²) in [5.41, 5.74) is 1.19. The fourth-order valence-corrected chi connectivity index (χ4v) is 5.68. The van der Waals surface area contributed by atoms with E-state index < -0.39 is 0 Å². The summed E-state index contributed by atoms with van der Waals surface area (Å²) >= 11 is 9.15. The molecule has 3 nitrogen and oxygen atoms in total. The summed E-state index contributed by atoms with van der Waals surface area (Å²) < 4.78 is 13.5. The highest BCUT2D eigenvalue weighted by Gasteiger charge is 2.40. The maximum absolute atomic E-state index is 6.08. The predicted octanol–water partition coefficient (Wildman–Crippen LogP) is 4.69. The van der Waals surface area contributed by atoms with Crippen LogP contribution >= 0.6 is 43.6 Å². The minimum absolute atomic E-state index is 0.104. The van der Waals surface area contributed by atoms with Crippen molar-refractivity contribution in [2.75, 3.05) is 30.5 Å². The molecule has 0 amide bonds. The number of anilines is 1. The number of nitrogens with one attached hydrogen (secondary N) is 1. The molecule has 2 unspecified atom stereocenters. The second-order valence-electron chi connectivity index (χ2n) is 5.63. The van der Waals surface area contributed by atoms with E-state index in [-0.39, 0.29) is 5.60 Å². The molecule has 2 atom stereocenters. The lowest BCUT2D eigenvalue weighted by molar-refractivity contribution is -0.0628. The molecule has 1 N–H and O–H groups in total. The van der Waals surface area contributed by atoms with Gasteiger partial charge in [-0.1, -0.05) is 0 Å².